The highest BCUT2D eigenvalue weighted by Gasteiger charge is 2.26. The van der Waals surface area contributed by atoms with Crippen molar-refractivity contribution >= 4 is 5.91 Å². The van der Waals surface area contributed by atoms with Crippen LogP contribution in [0.5, 0.6) is 0 Å². The fraction of sp³-hybridized carbons (Fsp3) is 0.800. The number of halogens is 2. The lowest BCUT2D eigenvalue weighted by Gasteiger charge is -2.13. The molecule has 1 amide bonds. The smallest absolute Gasteiger partial charge is 0.277 e. The number of hydrogen-bond donors (Lipinski definition) is 3. The van der Waals surface area contributed by atoms with Crippen molar-refractivity contribution in [3.05, 3.63) is 0 Å². The molecule has 0 aliphatic heterocycles. The topological polar surface area (TPSA) is 81.1 Å². The summed E-state index contributed by atoms with van der Waals surface area (Å²) in [4.78, 5) is 10.4. The number of carbonyl (C=O) groups is 1. The van der Waals surface area contributed by atoms with E-state index in [0.29, 0.717) is 0 Å². The second kappa shape index (κ2) is 4.20. The highest BCUT2D eigenvalue weighted by Crippen LogP contribution is 2.07. The van der Waals surface area contributed by atoms with Gasteiger partial charge in [0.15, 0.2) is 0 Å². The molecule has 0 fully saturated rings. The van der Waals surface area contributed by atoms with Crippen LogP contribution in [0.25, 0.3) is 0 Å². The number of carbonyl (C=O) groups excluding carboxylic acids is 1. The molecule has 5 N–H and O–H groups in total. The van der Waals surface area contributed by atoms with Gasteiger partial charge in [0, 0.05) is 0 Å². The van der Waals surface area contributed by atoms with Crippen molar-refractivity contribution < 1.29 is 13.6 Å². The van der Waals surface area contributed by atoms with E-state index in [1.54, 1.807) is 0 Å². The molecule has 0 spiro atoms. The molecule has 11 heavy (non-hydrogen) atoms. The van der Waals surface area contributed by atoms with Gasteiger partial charge in [0.2, 0.25) is 5.91 Å². The minimum absolute atomic E-state index is 0.291. The molecule has 0 radical (unpaired) electrons. The molecule has 0 aromatic carbocycles. The Labute approximate surface area is 62.9 Å². The molecule has 66 valence electrons. The summed E-state index contributed by atoms with van der Waals surface area (Å²) in [5.41, 5.74) is 9.56. The molecule has 0 heterocycles. The zero-order chi connectivity index (χ0) is 8.91. The predicted molar refractivity (Wildman–Crippen MR) is 36.1 cm³/mol. The lowest BCUT2D eigenvalue weighted by molar-refractivity contribution is -0.121. The molecular formula is C5H11F2N3O. The van der Waals surface area contributed by atoms with Crippen molar-refractivity contribution in [3.8, 4) is 0 Å². The highest BCUT2D eigenvalue weighted by atomic mass is 19.3. The zero-order valence-corrected chi connectivity index (χ0v) is 5.94. The van der Waals surface area contributed by atoms with E-state index < -0.39 is 24.9 Å². The summed E-state index contributed by atoms with van der Waals surface area (Å²) in [6.07, 6.45) is 0. The van der Waals surface area contributed by atoms with Crippen molar-refractivity contribution in [2.24, 2.45) is 11.5 Å². The van der Waals surface area contributed by atoms with Crippen molar-refractivity contribution in [2.45, 2.75) is 5.92 Å². The van der Waals surface area contributed by atoms with E-state index in [1.165, 1.54) is 0 Å². The molecule has 0 saturated heterocycles. The molecular weight excluding hydrogens is 156 g/mol. The Bertz CT molecular complexity index is 140. The van der Waals surface area contributed by atoms with Crippen LogP contribution in [0.1, 0.15) is 0 Å². The Hall–Kier alpha value is -0.750. The maximum atomic E-state index is 12.3. The number of rotatable bonds is 4. The van der Waals surface area contributed by atoms with E-state index in [2.05, 4.69) is 0 Å². The summed E-state index contributed by atoms with van der Waals surface area (Å²) >= 11 is 0. The van der Waals surface area contributed by atoms with Crippen molar-refractivity contribution in [1.82, 2.24) is 5.32 Å². The van der Waals surface area contributed by atoms with Crippen LogP contribution in [-0.4, -0.2) is 31.5 Å². The molecule has 0 bridgehead atoms. The van der Waals surface area contributed by atoms with Crippen LogP contribution < -0.4 is 16.8 Å². The summed E-state index contributed by atoms with van der Waals surface area (Å²) in [5.74, 6) is -3.65. The van der Waals surface area contributed by atoms with E-state index >= 15 is 0 Å². The third kappa shape index (κ3) is 4.63. The van der Waals surface area contributed by atoms with Gasteiger partial charge in [-0.2, -0.15) is 0 Å². The Balaban J connectivity index is 3.61. The summed E-state index contributed by atoms with van der Waals surface area (Å²) < 4.78 is 24.5. The van der Waals surface area contributed by atoms with Crippen LogP contribution in [0.3, 0.4) is 0 Å². The van der Waals surface area contributed by atoms with Gasteiger partial charge in [-0.25, -0.2) is 8.78 Å². The van der Waals surface area contributed by atoms with E-state index in [4.69, 9.17) is 11.5 Å². The maximum Gasteiger partial charge on any atom is 0.277 e. The highest BCUT2D eigenvalue weighted by molar-refractivity contribution is 5.77. The first-order chi connectivity index (χ1) is 5.02. The average molecular weight is 167 g/mol. The molecule has 0 unspecified atom stereocenters. The van der Waals surface area contributed by atoms with Crippen LogP contribution >= 0.6 is 0 Å². The van der Waals surface area contributed by atoms with Gasteiger partial charge in [0.05, 0.1) is 19.6 Å². The van der Waals surface area contributed by atoms with Gasteiger partial charge < -0.3 is 16.8 Å². The molecule has 6 heteroatoms. The number of nitrogens with two attached hydrogens (primary N) is 2. The summed E-state index contributed by atoms with van der Waals surface area (Å²) in [6, 6.07) is 0. The fourth-order valence-electron chi connectivity index (χ4n) is 0.372. The largest absolute Gasteiger partial charge is 0.349 e. The van der Waals surface area contributed by atoms with Gasteiger partial charge >= 0.3 is 0 Å². The standard InChI is InChI=1S/C5H11F2N3O/c6-5(7,2-9)3-10-4(11)1-8/h1-3,8-9H2,(H,10,11). The molecule has 0 aliphatic carbocycles. The van der Waals surface area contributed by atoms with Gasteiger partial charge in [-0.05, 0) is 0 Å². The molecule has 0 saturated carbocycles. The lowest BCUT2D eigenvalue weighted by Crippen LogP contribution is -2.43. The SMILES string of the molecule is NCC(=O)NCC(F)(F)CN. The monoisotopic (exact) mass is 167 g/mol. The first-order valence-electron chi connectivity index (χ1n) is 3.06. The Morgan fingerprint density at radius 3 is 2.36 bits per heavy atom. The number of nitrogens with one attached hydrogen (secondary N) is 1. The Kier molecular flexibility index (Phi) is 3.91. The third-order valence-electron chi connectivity index (χ3n) is 1.03. The van der Waals surface area contributed by atoms with Gasteiger partial charge in [0.25, 0.3) is 5.92 Å². The summed E-state index contributed by atoms with van der Waals surface area (Å²) in [7, 11) is 0. The molecule has 4 nitrogen and oxygen atoms in total. The van der Waals surface area contributed by atoms with Crippen molar-refractivity contribution in [2.75, 3.05) is 19.6 Å². The first kappa shape index (κ1) is 10.2. The van der Waals surface area contributed by atoms with E-state index in [-0.39, 0.29) is 6.54 Å². The zero-order valence-electron chi connectivity index (χ0n) is 5.94. The maximum absolute atomic E-state index is 12.3. The Morgan fingerprint density at radius 1 is 1.45 bits per heavy atom. The normalized spacial score (nSPS) is 11.3. The van der Waals surface area contributed by atoms with Crippen LogP contribution in [0.15, 0.2) is 0 Å². The number of alkyl halides is 2. The van der Waals surface area contributed by atoms with E-state index in [9.17, 15) is 13.6 Å². The van der Waals surface area contributed by atoms with Crippen LogP contribution in [0, 0.1) is 0 Å². The first-order valence-corrected chi connectivity index (χ1v) is 3.06. The predicted octanol–water partition coefficient (Wildman–Crippen LogP) is -1.34. The van der Waals surface area contributed by atoms with E-state index in [1.807, 2.05) is 5.32 Å². The lowest BCUT2D eigenvalue weighted by atomic mass is 10.3. The van der Waals surface area contributed by atoms with Crippen LogP contribution in [-0.2, 0) is 4.79 Å². The van der Waals surface area contributed by atoms with Gasteiger partial charge in [0.1, 0.15) is 0 Å². The molecule has 0 aliphatic rings. The minimum atomic E-state index is -3.04. The second-order valence-corrected chi connectivity index (χ2v) is 2.04. The summed E-state index contributed by atoms with van der Waals surface area (Å²) in [6.45, 7) is -1.82. The quantitative estimate of drug-likeness (QED) is 0.484. The second-order valence-electron chi connectivity index (χ2n) is 2.04. The number of hydrogen-bond acceptors (Lipinski definition) is 3. The van der Waals surface area contributed by atoms with Gasteiger partial charge in [-0.3, -0.25) is 4.79 Å². The van der Waals surface area contributed by atoms with Gasteiger partial charge in [-0.15, -0.1) is 0 Å². The van der Waals surface area contributed by atoms with E-state index in [0.717, 1.165) is 0 Å². The van der Waals surface area contributed by atoms with Crippen LogP contribution in [0.4, 0.5) is 8.78 Å². The third-order valence-corrected chi connectivity index (χ3v) is 1.03. The molecule has 0 aromatic rings. The summed E-state index contributed by atoms with van der Waals surface area (Å²) in [5, 5.41) is 1.93. The Morgan fingerprint density at radius 2 is 2.00 bits per heavy atom. The van der Waals surface area contributed by atoms with Gasteiger partial charge in [-0.1, -0.05) is 0 Å². The molecule has 0 atom stereocenters. The van der Waals surface area contributed by atoms with Crippen molar-refractivity contribution in [3.63, 3.8) is 0 Å². The minimum Gasteiger partial charge on any atom is -0.349 e. The van der Waals surface area contributed by atoms with Crippen LogP contribution in [0.2, 0.25) is 0 Å². The molecule has 0 rings (SSSR count). The molecule has 0 aromatic heterocycles. The number of amides is 1. The fourth-order valence-corrected chi connectivity index (χ4v) is 0.372. The average Bonchev–Trinajstić information content (AvgIpc) is 2.00. The van der Waals surface area contributed by atoms with Crippen molar-refractivity contribution in [1.29, 1.82) is 0 Å².